The van der Waals surface area contributed by atoms with E-state index in [0.717, 1.165) is 24.1 Å². The summed E-state index contributed by atoms with van der Waals surface area (Å²) in [6.07, 6.45) is 3.34. The van der Waals surface area contributed by atoms with Crippen molar-refractivity contribution in [2.75, 3.05) is 6.54 Å². The van der Waals surface area contributed by atoms with Crippen molar-refractivity contribution in [3.8, 4) is 0 Å². The smallest absolute Gasteiger partial charge is 0.0896 e. The molecule has 1 aliphatic rings. The molecule has 2 atom stereocenters. The summed E-state index contributed by atoms with van der Waals surface area (Å²) < 4.78 is 6.16. The van der Waals surface area contributed by atoms with E-state index in [1.165, 1.54) is 11.8 Å². The third-order valence-corrected chi connectivity index (χ3v) is 4.37. The molecule has 1 heterocycles. The molecule has 1 aromatic heterocycles. The number of ether oxygens (including phenoxy) is 1. The molecule has 106 valence electrons. The first-order valence-electron chi connectivity index (χ1n) is 7.39. The molecule has 1 fully saturated rings. The quantitative estimate of drug-likeness (QED) is 0.927. The van der Waals surface area contributed by atoms with E-state index in [-0.39, 0.29) is 5.60 Å². The van der Waals surface area contributed by atoms with Gasteiger partial charge in [0, 0.05) is 11.9 Å². The molecule has 1 aliphatic carbocycles. The fourth-order valence-corrected chi connectivity index (χ4v) is 3.14. The Morgan fingerprint density at radius 1 is 1.30 bits per heavy atom. The summed E-state index contributed by atoms with van der Waals surface area (Å²) in [6, 6.07) is 12.3. The highest BCUT2D eigenvalue weighted by molar-refractivity contribution is 5.78. The van der Waals surface area contributed by atoms with Crippen LogP contribution in [0.2, 0.25) is 0 Å². The van der Waals surface area contributed by atoms with Crippen LogP contribution in [0.4, 0.5) is 0 Å². The van der Waals surface area contributed by atoms with E-state index in [2.05, 4.69) is 24.0 Å². The van der Waals surface area contributed by atoms with Gasteiger partial charge in [-0.3, -0.25) is 4.98 Å². The number of fused-ring (bicyclic) bond motifs is 1. The molecular weight excluding hydrogens is 248 g/mol. The van der Waals surface area contributed by atoms with E-state index in [0.29, 0.717) is 19.1 Å². The number of nitrogens with zero attached hydrogens (tertiary/aromatic N) is 1. The van der Waals surface area contributed by atoms with Gasteiger partial charge < -0.3 is 10.5 Å². The van der Waals surface area contributed by atoms with Crippen LogP contribution in [0.5, 0.6) is 0 Å². The second kappa shape index (κ2) is 5.51. The first-order valence-corrected chi connectivity index (χ1v) is 7.39. The van der Waals surface area contributed by atoms with Crippen LogP contribution in [0, 0.1) is 5.92 Å². The number of hydrogen-bond acceptors (Lipinski definition) is 3. The minimum absolute atomic E-state index is 0.132. The lowest BCUT2D eigenvalue weighted by Crippen LogP contribution is -2.38. The molecule has 2 N–H and O–H groups in total. The van der Waals surface area contributed by atoms with Gasteiger partial charge in [-0.15, -0.1) is 0 Å². The molecule has 3 heteroatoms. The Balaban J connectivity index is 1.73. The normalized spacial score (nSPS) is 26.2. The average Bonchev–Trinajstić information content (AvgIpc) is 2.87. The lowest BCUT2D eigenvalue weighted by molar-refractivity contribution is -0.0483. The summed E-state index contributed by atoms with van der Waals surface area (Å²) in [6.45, 7) is 3.43. The highest BCUT2D eigenvalue weighted by Gasteiger charge is 2.37. The van der Waals surface area contributed by atoms with Gasteiger partial charge in [0.05, 0.1) is 23.4 Å². The number of para-hydroxylation sites is 1. The Morgan fingerprint density at radius 2 is 2.15 bits per heavy atom. The van der Waals surface area contributed by atoms with E-state index >= 15 is 0 Å². The Morgan fingerprint density at radius 3 is 2.90 bits per heavy atom. The van der Waals surface area contributed by atoms with Gasteiger partial charge in [0.25, 0.3) is 0 Å². The molecule has 1 saturated carbocycles. The van der Waals surface area contributed by atoms with Crippen LogP contribution in [-0.2, 0) is 11.3 Å². The fourth-order valence-electron chi connectivity index (χ4n) is 3.14. The largest absolute Gasteiger partial charge is 0.367 e. The predicted octanol–water partition coefficient (Wildman–Crippen LogP) is 3.27. The molecular formula is C17H22N2O. The van der Waals surface area contributed by atoms with Crippen LogP contribution < -0.4 is 5.73 Å². The maximum atomic E-state index is 6.16. The van der Waals surface area contributed by atoms with Crippen molar-refractivity contribution in [1.82, 2.24) is 4.98 Å². The van der Waals surface area contributed by atoms with E-state index in [1.54, 1.807) is 0 Å². The Hall–Kier alpha value is -1.45. The monoisotopic (exact) mass is 270 g/mol. The van der Waals surface area contributed by atoms with Crippen molar-refractivity contribution in [1.29, 1.82) is 0 Å². The molecule has 1 aromatic carbocycles. The van der Waals surface area contributed by atoms with Crippen molar-refractivity contribution >= 4 is 10.9 Å². The second-order valence-corrected chi connectivity index (χ2v) is 6.02. The molecule has 0 aliphatic heterocycles. The first-order chi connectivity index (χ1) is 9.71. The number of nitrogens with two attached hydrogens (primary N) is 1. The highest BCUT2D eigenvalue weighted by Crippen LogP contribution is 2.37. The average molecular weight is 270 g/mol. The van der Waals surface area contributed by atoms with Crippen molar-refractivity contribution in [2.45, 2.75) is 38.4 Å². The van der Waals surface area contributed by atoms with Crippen LogP contribution >= 0.6 is 0 Å². The van der Waals surface area contributed by atoms with Crippen LogP contribution in [-0.4, -0.2) is 17.1 Å². The summed E-state index contributed by atoms with van der Waals surface area (Å²) >= 11 is 0. The molecule has 0 amide bonds. The maximum Gasteiger partial charge on any atom is 0.0896 e. The van der Waals surface area contributed by atoms with Crippen LogP contribution in [0.15, 0.2) is 36.4 Å². The third-order valence-electron chi connectivity index (χ3n) is 4.37. The maximum absolute atomic E-state index is 6.16. The van der Waals surface area contributed by atoms with Crippen molar-refractivity contribution in [3.05, 3.63) is 42.1 Å². The van der Waals surface area contributed by atoms with E-state index < -0.39 is 0 Å². The summed E-state index contributed by atoms with van der Waals surface area (Å²) in [5.74, 6) is 0.711. The fraction of sp³-hybridized carbons (Fsp3) is 0.471. The molecule has 2 unspecified atom stereocenters. The molecule has 0 radical (unpaired) electrons. The minimum Gasteiger partial charge on any atom is -0.367 e. The van der Waals surface area contributed by atoms with Gasteiger partial charge in [0.1, 0.15) is 0 Å². The SMILES string of the molecule is CC1CCC(CN)(OCc2ccc3ccccc3n2)C1. The topological polar surface area (TPSA) is 48.1 Å². The zero-order valence-corrected chi connectivity index (χ0v) is 12.0. The van der Waals surface area contributed by atoms with Gasteiger partial charge in [-0.1, -0.05) is 31.2 Å². The standard InChI is InChI=1S/C17H22N2O/c1-13-8-9-17(10-13,12-18)20-11-15-7-6-14-4-2-3-5-16(14)19-15/h2-7,13H,8-12,18H2,1H3. The first kappa shape index (κ1) is 13.5. The highest BCUT2D eigenvalue weighted by atomic mass is 16.5. The van der Waals surface area contributed by atoms with Crippen LogP contribution in [0.25, 0.3) is 10.9 Å². The van der Waals surface area contributed by atoms with Gasteiger partial charge in [0.2, 0.25) is 0 Å². The Kier molecular flexibility index (Phi) is 3.72. The number of rotatable bonds is 4. The number of pyridine rings is 1. The lowest BCUT2D eigenvalue weighted by atomic mass is 10.0. The van der Waals surface area contributed by atoms with Gasteiger partial charge in [0.15, 0.2) is 0 Å². The van der Waals surface area contributed by atoms with Gasteiger partial charge >= 0.3 is 0 Å². The number of benzene rings is 1. The van der Waals surface area contributed by atoms with Gasteiger partial charge in [-0.2, -0.15) is 0 Å². The van der Waals surface area contributed by atoms with E-state index in [1.807, 2.05) is 24.3 Å². The Bertz CT molecular complexity index is 598. The Labute approximate surface area is 120 Å². The van der Waals surface area contributed by atoms with Crippen molar-refractivity contribution < 1.29 is 4.74 Å². The van der Waals surface area contributed by atoms with Crippen molar-refractivity contribution in [3.63, 3.8) is 0 Å². The van der Waals surface area contributed by atoms with Gasteiger partial charge in [-0.05, 0) is 37.3 Å². The van der Waals surface area contributed by atoms with Crippen LogP contribution in [0.3, 0.4) is 0 Å². The predicted molar refractivity (Wildman–Crippen MR) is 81.3 cm³/mol. The molecule has 2 aromatic rings. The second-order valence-electron chi connectivity index (χ2n) is 6.02. The molecule has 3 rings (SSSR count). The lowest BCUT2D eigenvalue weighted by Gasteiger charge is -2.28. The van der Waals surface area contributed by atoms with E-state index in [9.17, 15) is 0 Å². The van der Waals surface area contributed by atoms with Crippen LogP contribution in [0.1, 0.15) is 31.9 Å². The molecule has 20 heavy (non-hydrogen) atoms. The number of aromatic nitrogens is 1. The molecule has 0 saturated heterocycles. The number of hydrogen-bond donors (Lipinski definition) is 1. The third kappa shape index (κ3) is 2.69. The van der Waals surface area contributed by atoms with E-state index in [4.69, 9.17) is 10.5 Å². The molecule has 0 bridgehead atoms. The molecule has 0 spiro atoms. The van der Waals surface area contributed by atoms with Crippen molar-refractivity contribution in [2.24, 2.45) is 11.7 Å². The molecule has 3 nitrogen and oxygen atoms in total. The zero-order chi connectivity index (χ0) is 14.0. The zero-order valence-electron chi connectivity index (χ0n) is 12.0. The summed E-state index contributed by atoms with van der Waals surface area (Å²) in [5, 5.41) is 1.17. The van der Waals surface area contributed by atoms with Gasteiger partial charge in [-0.25, -0.2) is 0 Å². The summed E-state index contributed by atoms with van der Waals surface area (Å²) in [4.78, 5) is 4.65. The summed E-state index contributed by atoms with van der Waals surface area (Å²) in [7, 11) is 0. The summed E-state index contributed by atoms with van der Waals surface area (Å²) in [5.41, 5.74) is 7.81. The minimum atomic E-state index is -0.132.